The number of likely N-dealkylation sites (tertiary alicyclic amines) is 1. The summed E-state index contributed by atoms with van der Waals surface area (Å²) in [5.74, 6) is 2.68. The first-order valence-corrected chi connectivity index (χ1v) is 5.26. The molecule has 0 aromatic carbocycles. The van der Waals surface area contributed by atoms with E-state index in [0.717, 1.165) is 0 Å². The van der Waals surface area contributed by atoms with Crippen LogP contribution in [-0.2, 0) is 4.79 Å². The molecule has 1 N–H and O–H groups in total. The van der Waals surface area contributed by atoms with E-state index in [4.69, 9.17) is 6.42 Å². The van der Waals surface area contributed by atoms with Crippen molar-refractivity contribution in [2.24, 2.45) is 11.3 Å². The molecule has 0 radical (unpaired) electrons. The van der Waals surface area contributed by atoms with Crippen LogP contribution in [0.25, 0.3) is 0 Å². The van der Waals surface area contributed by atoms with Gasteiger partial charge in [-0.1, -0.05) is 20.8 Å². The highest BCUT2D eigenvalue weighted by atomic mass is 16.3. The maximum atomic E-state index is 11.7. The molecule has 3 heteroatoms. The summed E-state index contributed by atoms with van der Waals surface area (Å²) < 4.78 is 0. The number of terminal acetylenes is 1. The molecule has 0 saturated carbocycles. The van der Waals surface area contributed by atoms with Crippen LogP contribution >= 0.6 is 0 Å². The number of nitrogens with zero attached hydrogens (tertiary/aromatic N) is 1. The number of aliphatic hydroxyl groups excluding tert-OH is 1. The van der Waals surface area contributed by atoms with Gasteiger partial charge in [0.1, 0.15) is 0 Å². The molecule has 1 amide bonds. The Morgan fingerprint density at radius 1 is 1.67 bits per heavy atom. The quantitative estimate of drug-likeness (QED) is 0.686. The van der Waals surface area contributed by atoms with Crippen LogP contribution in [0.5, 0.6) is 0 Å². The topological polar surface area (TPSA) is 40.5 Å². The monoisotopic (exact) mass is 209 g/mol. The van der Waals surface area contributed by atoms with Gasteiger partial charge in [-0.3, -0.25) is 4.79 Å². The third-order valence-electron chi connectivity index (χ3n) is 2.94. The summed E-state index contributed by atoms with van der Waals surface area (Å²) in [5.41, 5.74) is -0.117. The predicted octanol–water partition coefficient (Wildman–Crippen LogP) is 0.875. The Bertz CT molecular complexity index is 285. The van der Waals surface area contributed by atoms with Crippen molar-refractivity contribution in [3.05, 3.63) is 0 Å². The molecule has 1 unspecified atom stereocenters. The van der Waals surface area contributed by atoms with E-state index in [1.807, 2.05) is 20.8 Å². The Morgan fingerprint density at radius 2 is 2.27 bits per heavy atom. The van der Waals surface area contributed by atoms with Gasteiger partial charge in [0.25, 0.3) is 0 Å². The molecule has 0 aliphatic carbocycles. The smallest absolute Gasteiger partial charge is 0.224 e. The van der Waals surface area contributed by atoms with E-state index in [-0.39, 0.29) is 29.9 Å². The zero-order valence-corrected chi connectivity index (χ0v) is 9.66. The largest absolute Gasteiger partial charge is 0.394 e. The summed E-state index contributed by atoms with van der Waals surface area (Å²) in [5, 5.41) is 9.35. The number of carbonyl (C=O) groups is 1. The molecule has 1 saturated heterocycles. The fourth-order valence-corrected chi connectivity index (χ4v) is 1.98. The van der Waals surface area contributed by atoms with Crippen molar-refractivity contribution in [1.29, 1.82) is 0 Å². The van der Waals surface area contributed by atoms with Gasteiger partial charge in [0, 0.05) is 18.9 Å². The third-order valence-corrected chi connectivity index (χ3v) is 2.94. The van der Waals surface area contributed by atoms with Crippen LogP contribution in [0.2, 0.25) is 0 Å². The molecule has 0 bridgehead atoms. The highest BCUT2D eigenvalue weighted by Crippen LogP contribution is 2.29. The van der Waals surface area contributed by atoms with E-state index in [1.165, 1.54) is 0 Å². The molecule has 1 aliphatic rings. The van der Waals surface area contributed by atoms with Crippen molar-refractivity contribution < 1.29 is 9.90 Å². The van der Waals surface area contributed by atoms with Crippen molar-refractivity contribution in [1.82, 2.24) is 4.90 Å². The van der Waals surface area contributed by atoms with Crippen LogP contribution in [0.15, 0.2) is 0 Å². The fourth-order valence-electron chi connectivity index (χ4n) is 1.98. The van der Waals surface area contributed by atoms with Gasteiger partial charge in [-0.05, 0) is 5.41 Å². The van der Waals surface area contributed by atoms with Gasteiger partial charge in [-0.2, -0.15) is 0 Å². The number of hydrogen-bond donors (Lipinski definition) is 1. The van der Waals surface area contributed by atoms with Gasteiger partial charge in [-0.15, -0.1) is 12.3 Å². The average molecular weight is 209 g/mol. The lowest BCUT2D eigenvalue weighted by Gasteiger charge is -2.36. The Labute approximate surface area is 91.5 Å². The second-order valence-electron chi connectivity index (χ2n) is 5.18. The van der Waals surface area contributed by atoms with Gasteiger partial charge >= 0.3 is 0 Å². The molecule has 0 aromatic rings. The van der Waals surface area contributed by atoms with Gasteiger partial charge < -0.3 is 10.0 Å². The minimum absolute atomic E-state index is 0.00741. The van der Waals surface area contributed by atoms with Gasteiger partial charge in [0.05, 0.1) is 12.6 Å². The Morgan fingerprint density at radius 3 is 2.60 bits per heavy atom. The summed E-state index contributed by atoms with van der Waals surface area (Å²) in [4.78, 5) is 13.4. The van der Waals surface area contributed by atoms with Gasteiger partial charge in [0.15, 0.2) is 0 Å². The summed E-state index contributed by atoms with van der Waals surface area (Å²) >= 11 is 0. The fraction of sp³-hybridized carbons (Fsp3) is 0.750. The number of rotatable bonds is 2. The zero-order chi connectivity index (χ0) is 11.6. The minimum atomic E-state index is -0.136. The Hall–Kier alpha value is -1.01. The lowest BCUT2D eigenvalue weighted by Crippen LogP contribution is -2.47. The zero-order valence-electron chi connectivity index (χ0n) is 9.66. The van der Waals surface area contributed by atoms with Crippen molar-refractivity contribution in [2.45, 2.75) is 33.2 Å². The van der Waals surface area contributed by atoms with E-state index in [2.05, 4.69) is 5.92 Å². The summed E-state index contributed by atoms with van der Waals surface area (Å²) in [7, 11) is 0. The van der Waals surface area contributed by atoms with Crippen LogP contribution in [0.3, 0.4) is 0 Å². The molecule has 1 aliphatic heterocycles. The molecule has 15 heavy (non-hydrogen) atoms. The molecule has 84 valence electrons. The summed E-state index contributed by atoms with van der Waals surface area (Å²) in [6, 6.07) is -0.136. The van der Waals surface area contributed by atoms with Crippen LogP contribution in [-0.4, -0.2) is 35.1 Å². The molecule has 2 atom stereocenters. The Kier molecular flexibility index (Phi) is 3.41. The SMILES string of the molecule is C#CC1CC(=O)N([C@H](CO)C(C)(C)C)C1. The van der Waals surface area contributed by atoms with Crippen LogP contribution in [0, 0.1) is 23.7 Å². The van der Waals surface area contributed by atoms with E-state index < -0.39 is 0 Å². The third kappa shape index (κ3) is 2.51. The van der Waals surface area contributed by atoms with Crippen molar-refractivity contribution in [2.75, 3.05) is 13.2 Å². The second-order valence-corrected chi connectivity index (χ2v) is 5.18. The molecular weight excluding hydrogens is 190 g/mol. The van der Waals surface area contributed by atoms with Crippen LogP contribution in [0.1, 0.15) is 27.2 Å². The maximum absolute atomic E-state index is 11.7. The van der Waals surface area contributed by atoms with Crippen molar-refractivity contribution in [3.63, 3.8) is 0 Å². The highest BCUT2D eigenvalue weighted by Gasteiger charge is 2.38. The molecular formula is C12H19NO2. The van der Waals surface area contributed by atoms with Gasteiger partial charge in [0.2, 0.25) is 5.91 Å². The van der Waals surface area contributed by atoms with Crippen LogP contribution in [0.4, 0.5) is 0 Å². The molecule has 1 rings (SSSR count). The predicted molar refractivity (Wildman–Crippen MR) is 59.0 cm³/mol. The number of amides is 1. The van der Waals surface area contributed by atoms with E-state index in [0.29, 0.717) is 13.0 Å². The first-order chi connectivity index (χ1) is 6.90. The second kappa shape index (κ2) is 4.24. The summed E-state index contributed by atoms with van der Waals surface area (Å²) in [6.07, 6.45) is 5.74. The molecule has 1 fully saturated rings. The van der Waals surface area contributed by atoms with E-state index in [1.54, 1.807) is 4.90 Å². The van der Waals surface area contributed by atoms with Crippen molar-refractivity contribution in [3.8, 4) is 12.3 Å². The number of hydrogen-bond acceptors (Lipinski definition) is 2. The first-order valence-electron chi connectivity index (χ1n) is 5.26. The molecule has 0 aromatic heterocycles. The molecule has 1 heterocycles. The standard InChI is InChI=1S/C12H19NO2/c1-5-9-6-11(15)13(7-9)10(8-14)12(2,3)4/h1,9-10,14H,6-8H2,2-4H3/t9?,10-/m1/s1. The van der Waals surface area contributed by atoms with E-state index in [9.17, 15) is 9.90 Å². The summed E-state index contributed by atoms with van der Waals surface area (Å²) in [6.45, 7) is 6.63. The molecule has 0 spiro atoms. The maximum Gasteiger partial charge on any atom is 0.224 e. The average Bonchev–Trinajstić information content (AvgIpc) is 2.46. The normalized spacial score (nSPS) is 24.1. The van der Waals surface area contributed by atoms with Crippen LogP contribution < -0.4 is 0 Å². The van der Waals surface area contributed by atoms with Crippen molar-refractivity contribution >= 4 is 5.91 Å². The first kappa shape index (κ1) is 12.1. The van der Waals surface area contributed by atoms with Gasteiger partial charge in [-0.25, -0.2) is 0 Å². The number of aliphatic hydroxyl groups is 1. The lowest BCUT2D eigenvalue weighted by atomic mass is 9.86. The minimum Gasteiger partial charge on any atom is -0.394 e. The molecule has 3 nitrogen and oxygen atoms in total. The lowest BCUT2D eigenvalue weighted by molar-refractivity contribution is -0.132. The highest BCUT2D eigenvalue weighted by molar-refractivity contribution is 5.79. The van der Waals surface area contributed by atoms with E-state index >= 15 is 0 Å². The number of carbonyl (C=O) groups excluding carboxylic acids is 1. The Balaban J connectivity index is 2.80.